The lowest BCUT2D eigenvalue weighted by molar-refractivity contribution is -0.384. The van der Waals surface area contributed by atoms with Crippen molar-refractivity contribution < 1.29 is 4.92 Å². The van der Waals surface area contributed by atoms with Crippen LogP contribution >= 0.6 is 36.1 Å². The van der Waals surface area contributed by atoms with Crippen molar-refractivity contribution in [2.45, 2.75) is 5.75 Å². The molecule has 1 aliphatic rings. The van der Waals surface area contributed by atoms with Crippen molar-refractivity contribution in [2.24, 2.45) is 0 Å². The number of nitro benzene ring substituents is 1. The summed E-state index contributed by atoms with van der Waals surface area (Å²) in [5.41, 5.74) is 1.17. The third-order valence-electron chi connectivity index (χ3n) is 3.29. The fraction of sp³-hybridized carbons (Fsp3) is 0.500. The van der Waals surface area contributed by atoms with E-state index in [0.717, 1.165) is 41.8 Å². The highest BCUT2D eigenvalue weighted by Gasteiger charge is 2.20. The molecule has 0 bridgehead atoms. The number of hydrogen-bond donors (Lipinski definition) is 0. The predicted molar refractivity (Wildman–Crippen MR) is 101 cm³/mol. The Morgan fingerprint density at radius 2 is 1.87 bits per heavy atom. The Labute approximate surface area is 150 Å². The van der Waals surface area contributed by atoms with E-state index in [9.17, 15) is 10.1 Å². The van der Waals surface area contributed by atoms with Gasteiger partial charge in [0.2, 0.25) is 0 Å². The minimum Gasteiger partial charge on any atom is -0.355 e. The van der Waals surface area contributed by atoms with E-state index < -0.39 is 0 Å². The summed E-state index contributed by atoms with van der Waals surface area (Å²) in [5, 5.41) is 10.6. The van der Waals surface area contributed by atoms with Crippen LogP contribution in [0.2, 0.25) is 0 Å². The summed E-state index contributed by atoms with van der Waals surface area (Å²) >= 11 is 8.87. The number of nitrogens with zero attached hydrogens (tertiary/aromatic N) is 4. The van der Waals surface area contributed by atoms with Crippen LogP contribution in [-0.2, 0) is 5.75 Å². The average molecular weight is 373 g/mol. The van der Waals surface area contributed by atoms with Crippen molar-refractivity contribution >= 4 is 46.1 Å². The second-order valence-corrected chi connectivity index (χ2v) is 8.31. The monoisotopic (exact) mass is 372 g/mol. The number of benzene rings is 1. The van der Waals surface area contributed by atoms with Crippen LogP contribution in [0.1, 0.15) is 5.56 Å². The van der Waals surface area contributed by atoms with Gasteiger partial charge in [0, 0.05) is 56.2 Å². The van der Waals surface area contributed by atoms with Crippen LogP contribution in [0.5, 0.6) is 0 Å². The normalized spacial score (nSPS) is 15.9. The van der Waals surface area contributed by atoms with Gasteiger partial charge in [0.25, 0.3) is 5.69 Å². The number of rotatable bonds is 5. The Kier molecular flexibility index (Phi) is 7.09. The molecule has 0 amide bonds. The molecule has 1 aliphatic heterocycles. The molecule has 2 rings (SSSR count). The first-order valence-corrected chi connectivity index (χ1v) is 9.33. The van der Waals surface area contributed by atoms with E-state index in [1.165, 1.54) is 12.1 Å². The molecule has 0 aromatic heterocycles. The molecule has 23 heavy (non-hydrogen) atoms. The summed E-state index contributed by atoms with van der Waals surface area (Å²) in [5.74, 6) is 0.740. The molecule has 1 heterocycles. The maximum Gasteiger partial charge on any atom is 0.269 e. The quantitative estimate of drug-likeness (QED) is 0.338. The Morgan fingerprint density at radius 1 is 1.26 bits per heavy atom. The van der Waals surface area contributed by atoms with Crippen molar-refractivity contribution in [1.82, 2.24) is 13.5 Å². The lowest BCUT2D eigenvalue weighted by Gasteiger charge is -2.35. The van der Waals surface area contributed by atoms with Gasteiger partial charge in [-0.3, -0.25) is 10.1 Å². The molecular weight excluding hydrogens is 352 g/mol. The lowest BCUT2D eigenvalue weighted by atomic mass is 10.2. The average Bonchev–Trinajstić information content (AvgIpc) is 2.53. The van der Waals surface area contributed by atoms with Gasteiger partial charge in [-0.15, -0.1) is 0 Å². The van der Waals surface area contributed by atoms with Crippen LogP contribution in [0, 0.1) is 10.1 Å². The van der Waals surface area contributed by atoms with Crippen molar-refractivity contribution in [3.63, 3.8) is 0 Å². The highest BCUT2D eigenvalue weighted by Crippen LogP contribution is 2.22. The van der Waals surface area contributed by atoms with Gasteiger partial charge in [-0.05, 0) is 19.7 Å². The molecule has 0 spiro atoms. The van der Waals surface area contributed by atoms with Gasteiger partial charge < -0.3 is 4.90 Å². The van der Waals surface area contributed by atoms with Crippen molar-refractivity contribution in [2.75, 3.05) is 40.3 Å². The Bertz CT molecular complexity index is 545. The van der Waals surface area contributed by atoms with E-state index in [0.29, 0.717) is 0 Å². The zero-order valence-corrected chi connectivity index (χ0v) is 15.6. The molecular formula is C14H20N4O2S3. The summed E-state index contributed by atoms with van der Waals surface area (Å²) < 4.78 is 5.33. The van der Waals surface area contributed by atoms with E-state index in [2.05, 4.69) is 13.5 Å². The van der Waals surface area contributed by atoms with E-state index in [4.69, 9.17) is 12.2 Å². The van der Waals surface area contributed by atoms with Crippen molar-refractivity contribution in [3.8, 4) is 0 Å². The van der Waals surface area contributed by atoms with Crippen molar-refractivity contribution in [3.05, 3.63) is 39.9 Å². The van der Waals surface area contributed by atoms with Crippen LogP contribution in [0.15, 0.2) is 24.3 Å². The highest BCUT2D eigenvalue weighted by atomic mass is 32.2. The van der Waals surface area contributed by atoms with Gasteiger partial charge in [-0.2, -0.15) is 0 Å². The molecule has 1 saturated heterocycles. The summed E-state index contributed by atoms with van der Waals surface area (Å²) in [6.45, 7) is 3.85. The van der Waals surface area contributed by atoms with Crippen LogP contribution in [0.3, 0.4) is 0 Å². The number of hydrogen-bond acceptors (Lipinski definition) is 7. The Balaban J connectivity index is 1.76. The maximum atomic E-state index is 10.6. The number of non-ortho nitro benzene ring substituents is 1. The predicted octanol–water partition coefficient (Wildman–Crippen LogP) is 2.86. The second-order valence-electron chi connectivity index (χ2n) is 5.29. The highest BCUT2D eigenvalue weighted by molar-refractivity contribution is 8.22. The molecule has 0 N–H and O–H groups in total. The molecule has 1 aromatic rings. The molecule has 0 saturated carbocycles. The molecule has 0 radical (unpaired) electrons. The Hall–Kier alpha value is -0.870. The number of thiocarbonyl (C=S) groups is 1. The molecule has 0 unspecified atom stereocenters. The zero-order chi connectivity index (χ0) is 16.8. The molecule has 0 aliphatic carbocycles. The van der Waals surface area contributed by atoms with Gasteiger partial charge in [-0.1, -0.05) is 36.1 Å². The standard InChI is InChI=1S/C14H20N4O2S3/c1-15(2)23-17-9-7-16(8-10-17)14(21)22-11-12-3-5-13(6-4-12)18(19)20/h3-6H,7-11H2,1-2H3. The number of thioether (sulfide) groups is 1. The van der Waals surface area contributed by atoms with E-state index >= 15 is 0 Å². The first-order valence-electron chi connectivity index (χ1n) is 7.21. The third-order valence-corrected chi connectivity index (χ3v) is 5.80. The smallest absolute Gasteiger partial charge is 0.269 e. The van der Waals surface area contributed by atoms with Crippen LogP contribution in [0.4, 0.5) is 5.69 Å². The van der Waals surface area contributed by atoms with Gasteiger partial charge in [-0.25, -0.2) is 8.61 Å². The summed E-state index contributed by atoms with van der Waals surface area (Å²) in [6, 6.07) is 6.66. The van der Waals surface area contributed by atoms with Crippen LogP contribution < -0.4 is 0 Å². The fourth-order valence-corrected chi connectivity index (χ4v) is 4.13. The molecule has 0 atom stereocenters. The van der Waals surface area contributed by atoms with Gasteiger partial charge in [0.05, 0.1) is 4.92 Å². The summed E-state index contributed by atoms with van der Waals surface area (Å²) in [6.07, 6.45) is 0. The largest absolute Gasteiger partial charge is 0.355 e. The molecule has 1 aromatic carbocycles. The molecule has 126 valence electrons. The minimum atomic E-state index is -0.382. The van der Waals surface area contributed by atoms with Crippen LogP contribution in [0.25, 0.3) is 0 Å². The SMILES string of the molecule is CN(C)SN1CCN(C(=S)SCc2ccc([N+](=O)[O-])cc2)CC1. The first-order chi connectivity index (χ1) is 11.0. The lowest BCUT2D eigenvalue weighted by Crippen LogP contribution is -2.45. The van der Waals surface area contributed by atoms with E-state index in [1.54, 1.807) is 36.0 Å². The summed E-state index contributed by atoms with van der Waals surface area (Å²) in [4.78, 5) is 12.5. The van der Waals surface area contributed by atoms with Crippen molar-refractivity contribution in [1.29, 1.82) is 0 Å². The topological polar surface area (TPSA) is 52.9 Å². The van der Waals surface area contributed by atoms with Gasteiger partial charge in [0.1, 0.15) is 4.32 Å². The van der Waals surface area contributed by atoms with Gasteiger partial charge >= 0.3 is 0 Å². The van der Waals surface area contributed by atoms with E-state index in [-0.39, 0.29) is 10.6 Å². The van der Waals surface area contributed by atoms with Crippen LogP contribution in [-0.4, -0.2) is 63.0 Å². The zero-order valence-electron chi connectivity index (χ0n) is 13.2. The second kappa shape index (κ2) is 8.84. The molecule has 6 nitrogen and oxygen atoms in total. The number of nitro groups is 1. The third kappa shape index (κ3) is 5.92. The molecule has 9 heteroatoms. The Morgan fingerprint density at radius 3 is 2.39 bits per heavy atom. The van der Waals surface area contributed by atoms with Gasteiger partial charge in [0.15, 0.2) is 0 Å². The minimum absolute atomic E-state index is 0.121. The summed E-state index contributed by atoms with van der Waals surface area (Å²) in [7, 11) is 4.09. The van der Waals surface area contributed by atoms with E-state index in [1.807, 2.05) is 14.1 Å². The maximum absolute atomic E-state index is 10.6. The first kappa shape index (κ1) is 18.5. The number of piperazine rings is 1. The fourth-order valence-electron chi connectivity index (χ4n) is 2.13. The molecule has 1 fully saturated rings.